The van der Waals surface area contributed by atoms with Crippen LogP contribution >= 0.6 is 0 Å². The van der Waals surface area contributed by atoms with Gasteiger partial charge in [0.15, 0.2) is 0 Å². The molecule has 0 saturated heterocycles. The number of carbonyl (C=O) groups is 1. The number of aromatic nitrogens is 2. The Kier molecular flexibility index (Phi) is 5.94. The topological polar surface area (TPSA) is 76.2 Å². The van der Waals surface area contributed by atoms with Gasteiger partial charge in [0.1, 0.15) is 23.2 Å². The first-order valence-electron chi connectivity index (χ1n) is 10.1. The highest BCUT2D eigenvalue weighted by molar-refractivity contribution is 5.84. The number of halogens is 4. The summed E-state index contributed by atoms with van der Waals surface area (Å²) in [6.45, 7) is 1.90. The van der Waals surface area contributed by atoms with Gasteiger partial charge in [-0.3, -0.25) is 9.36 Å². The van der Waals surface area contributed by atoms with Crippen molar-refractivity contribution in [1.29, 1.82) is 0 Å². The summed E-state index contributed by atoms with van der Waals surface area (Å²) in [6.07, 6.45) is -3.05. The van der Waals surface area contributed by atoms with Crippen LogP contribution in [0.25, 0.3) is 17.5 Å². The zero-order chi connectivity index (χ0) is 23.8. The lowest BCUT2D eigenvalue weighted by Crippen LogP contribution is -2.44. The molecule has 1 amide bonds. The van der Waals surface area contributed by atoms with Crippen LogP contribution in [0, 0.1) is 12.7 Å². The van der Waals surface area contributed by atoms with Crippen LogP contribution < -0.4 is 11.1 Å². The molecule has 4 rings (SSSR count). The highest BCUT2D eigenvalue weighted by atomic mass is 19.4. The Hall–Kier alpha value is -3.66. The normalized spacial score (nSPS) is 14.2. The van der Waals surface area contributed by atoms with E-state index in [0.29, 0.717) is 22.9 Å². The number of rotatable bonds is 5. The van der Waals surface area contributed by atoms with Crippen molar-refractivity contribution in [3.05, 3.63) is 71.9 Å². The molecule has 0 saturated carbocycles. The van der Waals surface area contributed by atoms with E-state index in [0.717, 1.165) is 16.2 Å². The number of nitrogens with one attached hydrogen (secondary N) is 1. The second kappa shape index (κ2) is 8.70. The number of hydrogen-bond donors (Lipinski definition) is 2. The molecule has 3 N–H and O–H groups in total. The van der Waals surface area contributed by atoms with Crippen LogP contribution in [0.3, 0.4) is 0 Å². The molecular weight excluding hydrogens is 438 g/mol. The monoisotopic (exact) mass is 459 g/mol. The Morgan fingerprint density at radius 3 is 2.42 bits per heavy atom. The van der Waals surface area contributed by atoms with Crippen molar-refractivity contribution in [2.75, 3.05) is 5.32 Å². The Bertz CT molecular complexity index is 1180. The quantitative estimate of drug-likeness (QED) is 0.538. The van der Waals surface area contributed by atoms with Gasteiger partial charge in [-0.05, 0) is 43.3 Å². The maximum absolute atomic E-state index is 13.5. The smallest absolute Gasteiger partial charge is 0.339 e. The van der Waals surface area contributed by atoms with Crippen molar-refractivity contribution >= 4 is 23.6 Å². The van der Waals surface area contributed by atoms with Gasteiger partial charge in [-0.1, -0.05) is 17.7 Å². The minimum Gasteiger partial charge on any atom is -0.339 e. The molecule has 1 aromatic heterocycles. The summed E-state index contributed by atoms with van der Waals surface area (Å²) in [4.78, 5) is 18.2. The van der Waals surface area contributed by atoms with Crippen molar-refractivity contribution in [2.45, 2.75) is 32.1 Å². The van der Waals surface area contributed by atoms with Crippen molar-refractivity contribution in [1.82, 2.24) is 14.5 Å². The fraction of sp³-hybridized carbons (Fsp3) is 0.217. The van der Waals surface area contributed by atoms with E-state index in [2.05, 4.69) is 10.3 Å². The van der Waals surface area contributed by atoms with E-state index in [1.54, 1.807) is 16.7 Å². The number of amides is 1. The molecule has 2 aromatic carbocycles. The number of benzene rings is 2. The van der Waals surface area contributed by atoms with Crippen molar-refractivity contribution in [3.63, 3.8) is 0 Å². The van der Waals surface area contributed by atoms with Crippen molar-refractivity contribution in [3.8, 4) is 11.3 Å². The number of aryl methyl sites for hydroxylation is 1. The van der Waals surface area contributed by atoms with Gasteiger partial charge in [-0.25, -0.2) is 9.37 Å². The minimum absolute atomic E-state index is 0.0648. The highest BCUT2D eigenvalue weighted by Crippen LogP contribution is 2.34. The zero-order valence-electron chi connectivity index (χ0n) is 17.6. The van der Waals surface area contributed by atoms with E-state index < -0.39 is 30.4 Å². The number of nitrogens with two attached hydrogens (primary N) is 1. The first kappa shape index (κ1) is 22.5. The van der Waals surface area contributed by atoms with Crippen LogP contribution in [-0.4, -0.2) is 32.6 Å². The number of alkyl halides is 3. The minimum atomic E-state index is -4.55. The molecule has 0 fully saturated rings. The van der Waals surface area contributed by atoms with E-state index in [1.165, 1.54) is 24.5 Å². The average molecular weight is 459 g/mol. The molecule has 0 spiro atoms. The summed E-state index contributed by atoms with van der Waals surface area (Å²) in [5.74, 6) is -0.261. The van der Waals surface area contributed by atoms with Crippen molar-refractivity contribution in [2.24, 2.45) is 5.73 Å². The largest absolute Gasteiger partial charge is 0.391 e. The van der Waals surface area contributed by atoms with Gasteiger partial charge in [-0.15, -0.1) is 0 Å². The highest BCUT2D eigenvalue weighted by Gasteiger charge is 2.35. The Balaban J connectivity index is 1.68. The molecule has 10 heteroatoms. The lowest BCUT2D eigenvalue weighted by molar-refractivity contribution is -0.151. The molecule has 0 bridgehead atoms. The number of hydrogen-bond acceptors (Lipinski definition) is 4. The van der Waals surface area contributed by atoms with E-state index in [-0.39, 0.29) is 6.54 Å². The van der Waals surface area contributed by atoms with Gasteiger partial charge >= 0.3 is 6.18 Å². The molecule has 0 radical (unpaired) electrons. The lowest BCUT2D eigenvalue weighted by atomic mass is 10.1. The van der Waals surface area contributed by atoms with Gasteiger partial charge in [0.05, 0.1) is 19.0 Å². The van der Waals surface area contributed by atoms with E-state index in [4.69, 9.17) is 5.73 Å². The Labute approximate surface area is 187 Å². The fourth-order valence-corrected chi connectivity index (χ4v) is 3.51. The van der Waals surface area contributed by atoms with Gasteiger partial charge in [0.2, 0.25) is 5.91 Å². The van der Waals surface area contributed by atoms with E-state index in [1.807, 2.05) is 31.2 Å². The van der Waals surface area contributed by atoms with Gasteiger partial charge in [0.25, 0.3) is 0 Å². The molecule has 1 unspecified atom stereocenters. The zero-order valence-corrected chi connectivity index (χ0v) is 17.6. The maximum Gasteiger partial charge on any atom is 0.391 e. The molecule has 6 nitrogen and oxygen atoms in total. The molecule has 0 aliphatic carbocycles. The van der Waals surface area contributed by atoms with Crippen LogP contribution in [0.2, 0.25) is 0 Å². The van der Waals surface area contributed by atoms with Crippen LogP contribution in [0.4, 0.5) is 29.1 Å². The summed E-state index contributed by atoms with van der Waals surface area (Å²) in [7, 11) is 0. The van der Waals surface area contributed by atoms with Gasteiger partial charge in [0, 0.05) is 23.7 Å². The van der Waals surface area contributed by atoms with E-state index >= 15 is 0 Å². The molecule has 2 heterocycles. The van der Waals surface area contributed by atoms with Crippen LogP contribution in [-0.2, 0) is 11.3 Å². The third-order valence-electron chi connectivity index (χ3n) is 5.18. The number of imidazole rings is 1. The predicted molar refractivity (Wildman–Crippen MR) is 117 cm³/mol. The average Bonchev–Trinajstić information content (AvgIpc) is 3.11. The number of carbonyl (C=O) groups excluding carboxylic acids is 1. The molecule has 172 valence electrons. The SMILES string of the molecule is Cc1ccc(Nc2c(-c3ccc(F)cc3)nc3n2C=CN(C(=O)C(N)CC(F)(F)F)C3)cc1. The van der Waals surface area contributed by atoms with E-state index in [9.17, 15) is 22.4 Å². The van der Waals surface area contributed by atoms with Crippen LogP contribution in [0.1, 0.15) is 17.8 Å². The standard InChI is InChI=1S/C23H21F4N5O/c1-14-2-8-17(9-3-14)29-21-20(15-4-6-16(24)7-5-15)30-19-13-31(10-11-32(19)21)22(33)18(28)12-23(25,26)27/h2-11,18,29H,12-13,28H2,1H3. The van der Waals surface area contributed by atoms with Gasteiger partial charge in [-0.2, -0.15) is 13.2 Å². The predicted octanol–water partition coefficient (Wildman–Crippen LogP) is 4.79. The summed E-state index contributed by atoms with van der Waals surface area (Å²) in [6, 6.07) is 11.7. The lowest BCUT2D eigenvalue weighted by Gasteiger charge is -2.25. The fourth-order valence-electron chi connectivity index (χ4n) is 3.51. The third-order valence-corrected chi connectivity index (χ3v) is 5.18. The summed E-state index contributed by atoms with van der Waals surface area (Å²) in [5, 5.41) is 3.30. The number of nitrogens with zero attached hydrogens (tertiary/aromatic N) is 3. The third kappa shape index (κ3) is 5.06. The second-order valence-corrected chi connectivity index (χ2v) is 7.78. The molecular formula is C23H21F4N5O. The summed E-state index contributed by atoms with van der Waals surface area (Å²) >= 11 is 0. The second-order valence-electron chi connectivity index (χ2n) is 7.78. The van der Waals surface area contributed by atoms with Crippen molar-refractivity contribution < 1.29 is 22.4 Å². The first-order chi connectivity index (χ1) is 15.6. The molecule has 3 aromatic rings. The Morgan fingerprint density at radius 1 is 1.12 bits per heavy atom. The first-order valence-corrected chi connectivity index (χ1v) is 10.1. The molecule has 33 heavy (non-hydrogen) atoms. The molecule has 1 aliphatic heterocycles. The number of anilines is 2. The number of fused-ring (bicyclic) bond motifs is 1. The summed E-state index contributed by atoms with van der Waals surface area (Å²) in [5.41, 5.74) is 8.49. The van der Waals surface area contributed by atoms with Gasteiger partial charge < -0.3 is 16.0 Å². The van der Waals surface area contributed by atoms with Crippen LogP contribution in [0.15, 0.2) is 54.7 Å². The Morgan fingerprint density at radius 2 is 1.79 bits per heavy atom. The summed E-state index contributed by atoms with van der Waals surface area (Å²) < 4.78 is 53.1. The molecule has 1 atom stereocenters. The maximum atomic E-state index is 13.5. The molecule has 1 aliphatic rings. The van der Waals surface area contributed by atoms with Crippen LogP contribution in [0.5, 0.6) is 0 Å².